The van der Waals surface area contributed by atoms with Crippen LogP contribution in [0.5, 0.6) is 0 Å². The van der Waals surface area contributed by atoms with E-state index in [0.29, 0.717) is 24.2 Å². The van der Waals surface area contributed by atoms with Crippen molar-refractivity contribution in [2.24, 2.45) is 0 Å². The minimum Gasteiger partial charge on any atom is -0.336 e. The number of thiophene rings is 1. The molecule has 0 saturated carbocycles. The molecule has 0 bridgehead atoms. The van der Waals surface area contributed by atoms with Gasteiger partial charge in [0.2, 0.25) is 0 Å². The number of nitrogens with one attached hydrogen (secondary N) is 1. The Morgan fingerprint density at radius 2 is 1.87 bits per heavy atom. The molecule has 9 heteroatoms. The second-order valence-corrected chi connectivity index (χ2v) is 8.71. The van der Waals surface area contributed by atoms with Crippen LogP contribution >= 0.6 is 11.3 Å². The second-order valence-electron chi connectivity index (χ2n) is 7.50. The molecule has 5 rings (SSSR count). The topological polar surface area (TPSA) is 91.2 Å². The van der Waals surface area contributed by atoms with Gasteiger partial charge >= 0.3 is 0 Å². The van der Waals surface area contributed by atoms with Gasteiger partial charge in [-0.1, -0.05) is 18.2 Å². The number of nitrogens with zero attached hydrogens (tertiary/aromatic N) is 5. The molecule has 0 radical (unpaired) electrons. The van der Waals surface area contributed by atoms with E-state index >= 15 is 0 Å². The van der Waals surface area contributed by atoms with Gasteiger partial charge in [0.25, 0.3) is 17.4 Å². The Bertz CT molecular complexity index is 1240. The fraction of sp³-hybridized carbons (Fsp3) is 0.333. The van der Waals surface area contributed by atoms with Crippen LogP contribution in [-0.4, -0.2) is 51.2 Å². The molecule has 1 fully saturated rings. The summed E-state index contributed by atoms with van der Waals surface area (Å²) in [4.78, 5) is 31.1. The van der Waals surface area contributed by atoms with E-state index in [1.165, 1.54) is 0 Å². The highest BCUT2D eigenvalue weighted by atomic mass is 32.1. The summed E-state index contributed by atoms with van der Waals surface area (Å²) in [6.45, 7) is 7.87. The summed E-state index contributed by atoms with van der Waals surface area (Å²) in [7, 11) is 0. The number of hydrogen-bond donors (Lipinski definition) is 1. The van der Waals surface area contributed by atoms with E-state index in [-0.39, 0.29) is 5.56 Å². The SMILES string of the molecule is Cc1sc2nc(CN3CCN(c4noc(-c5ccccc5)n4)CC3)[nH]c(=O)c2c1C. The highest BCUT2D eigenvalue weighted by molar-refractivity contribution is 7.18. The number of rotatable bonds is 4. The van der Waals surface area contributed by atoms with Crippen LogP contribution in [0, 0.1) is 13.8 Å². The van der Waals surface area contributed by atoms with Gasteiger partial charge in [-0.25, -0.2) is 4.98 Å². The van der Waals surface area contributed by atoms with Crippen molar-refractivity contribution >= 4 is 27.5 Å². The largest absolute Gasteiger partial charge is 0.336 e. The minimum absolute atomic E-state index is 0.0456. The van der Waals surface area contributed by atoms with Crippen molar-refractivity contribution in [1.82, 2.24) is 25.0 Å². The maximum atomic E-state index is 12.5. The molecule has 4 heterocycles. The lowest BCUT2D eigenvalue weighted by Crippen LogP contribution is -2.46. The molecule has 0 aliphatic carbocycles. The fourth-order valence-corrected chi connectivity index (χ4v) is 4.78. The highest BCUT2D eigenvalue weighted by Crippen LogP contribution is 2.26. The van der Waals surface area contributed by atoms with Gasteiger partial charge in [0.05, 0.1) is 11.9 Å². The standard InChI is InChI=1S/C21H22N6O2S/c1-13-14(2)30-20-17(13)18(28)22-16(23-20)12-26-8-10-27(11-9-26)21-24-19(29-25-21)15-6-4-3-5-7-15/h3-7H,8-12H2,1-2H3,(H,22,23,28). The molecular formula is C21H22N6O2S. The van der Waals surface area contributed by atoms with Crippen molar-refractivity contribution in [3.63, 3.8) is 0 Å². The quantitative estimate of drug-likeness (QED) is 0.541. The highest BCUT2D eigenvalue weighted by Gasteiger charge is 2.22. The Kier molecular flexibility index (Phi) is 4.84. The van der Waals surface area contributed by atoms with E-state index in [9.17, 15) is 4.79 Å². The van der Waals surface area contributed by atoms with Gasteiger partial charge in [-0.2, -0.15) is 4.98 Å². The Balaban J connectivity index is 1.25. The number of aromatic amines is 1. The lowest BCUT2D eigenvalue weighted by molar-refractivity contribution is 0.242. The van der Waals surface area contributed by atoms with Crippen molar-refractivity contribution in [2.75, 3.05) is 31.1 Å². The molecule has 4 aromatic rings. The number of H-pyrrole nitrogens is 1. The van der Waals surface area contributed by atoms with Gasteiger partial charge in [-0.15, -0.1) is 11.3 Å². The predicted octanol–water partition coefficient (Wildman–Crippen LogP) is 2.97. The predicted molar refractivity (Wildman–Crippen MR) is 117 cm³/mol. The molecule has 0 unspecified atom stereocenters. The van der Waals surface area contributed by atoms with Crippen LogP contribution in [0.25, 0.3) is 21.7 Å². The third kappa shape index (κ3) is 3.50. The zero-order valence-electron chi connectivity index (χ0n) is 16.9. The van der Waals surface area contributed by atoms with E-state index in [1.807, 2.05) is 44.2 Å². The maximum absolute atomic E-state index is 12.5. The third-order valence-corrected chi connectivity index (χ3v) is 6.65. The van der Waals surface area contributed by atoms with E-state index in [1.54, 1.807) is 11.3 Å². The lowest BCUT2D eigenvalue weighted by Gasteiger charge is -2.33. The first-order valence-electron chi connectivity index (χ1n) is 9.94. The normalized spacial score (nSPS) is 15.2. The van der Waals surface area contributed by atoms with Crippen molar-refractivity contribution in [3.8, 4) is 11.5 Å². The fourth-order valence-electron chi connectivity index (χ4n) is 3.73. The van der Waals surface area contributed by atoms with Gasteiger partial charge in [-0.3, -0.25) is 9.69 Å². The van der Waals surface area contributed by atoms with Crippen LogP contribution in [0.4, 0.5) is 5.95 Å². The molecular weight excluding hydrogens is 400 g/mol. The summed E-state index contributed by atoms with van der Waals surface area (Å²) in [5.41, 5.74) is 1.90. The monoisotopic (exact) mass is 422 g/mol. The Hall–Kier alpha value is -3.04. The lowest BCUT2D eigenvalue weighted by atomic mass is 10.2. The van der Waals surface area contributed by atoms with Crippen LogP contribution in [0.2, 0.25) is 0 Å². The van der Waals surface area contributed by atoms with E-state index in [2.05, 4.69) is 24.9 Å². The molecule has 8 nitrogen and oxygen atoms in total. The zero-order chi connectivity index (χ0) is 20.7. The maximum Gasteiger partial charge on any atom is 0.266 e. The van der Waals surface area contributed by atoms with Crippen molar-refractivity contribution < 1.29 is 4.52 Å². The van der Waals surface area contributed by atoms with Crippen molar-refractivity contribution in [2.45, 2.75) is 20.4 Å². The van der Waals surface area contributed by atoms with Crippen LogP contribution < -0.4 is 10.5 Å². The number of piperazine rings is 1. The molecule has 0 atom stereocenters. The van der Waals surface area contributed by atoms with E-state index in [4.69, 9.17) is 9.51 Å². The molecule has 1 aliphatic rings. The van der Waals surface area contributed by atoms with Gasteiger partial charge in [-0.05, 0) is 36.7 Å². The molecule has 1 aromatic carbocycles. The van der Waals surface area contributed by atoms with Crippen LogP contribution in [0.15, 0.2) is 39.6 Å². The Morgan fingerprint density at radius 3 is 2.63 bits per heavy atom. The average molecular weight is 423 g/mol. The number of fused-ring (bicyclic) bond motifs is 1. The smallest absolute Gasteiger partial charge is 0.266 e. The summed E-state index contributed by atoms with van der Waals surface area (Å²) in [5, 5.41) is 4.86. The molecule has 0 amide bonds. The van der Waals surface area contributed by atoms with Crippen LogP contribution in [0.3, 0.4) is 0 Å². The van der Waals surface area contributed by atoms with Gasteiger partial charge < -0.3 is 14.4 Å². The number of aryl methyl sites for hydroxylation is 2. The summed E-state index contributed by atoms with van der Waals surface area (Å²) in [5.74, 6) is 1.86. The first-order valence-corrected chi connectivity index (χ1v) is 10.8. The number of benzene rings is 1. The van der Waals surface area contributed by atoms with Gasteiger partial charge in [0.1, 0.15) is 10.7 Å². The van der Waals surface area contributed by atoms with Crippen LogP contribution in [0.1, 0.15) is 16.3 Å². The summed E-state index contributed by atoms with van der Waals surface area (Å²) >= 11 is 1.58. The third-order valence-electron chi connectivity index (χ3n) is 5.55. The minimum atomic E-state index is -0.0456. The van der Waals surface area contributed by atoms with E-state index < -0.39 is 0 Å². The first kappa shape index (κ1) is 19.0. The summed E-state index contributed by atoms with van der Waals surface area (Å²) in [6, 6.07) is 9.77. The van der Waals surface area contributed by atoms with Crippen molar-refractivity contribution in [1.29, 1.82) is 0 Å². The van der Waals surface area contributed by atoms with Crippen molar-refractivity contribution in [3.05, 3.63) is 57.0 Å². The number of anilines is 1. The number of hydrogen-bond acceptors (Lipinski definition) is 8. The van der Waals surface area contributed by atoms with E-state index in [0.717, 1.165) is 52.4 Å². The summed E-state index contributed by atoms with van der Waals surface area (Å²) < 4.78 is 5.43. The molecule has 3 aromatic heterocycles. The molecule has 1 N–H and O–H groups in total. The van der Waals surface area contributed by atoms with Gasteiger partial charge in [0, 0.05) is 36.6 Å². The molecule has 0 spiro atoms. The average Bonchev–Trinajstić information content (AvgIpc) is 3.35. The first-order chi connectivity index (χ1) is 14.6. The molecule has 1 aliphatic heterocycles. The molecule has 1 saturated heterocycles. The Labute approximate surface area is 177 Å². The van der Waals surface area contributed by atoms with Crippen LogP contribution in [-0.2, 0) is 6.54 Å². The van der Waals surface area contributed by atoms with Gasteiger partial charge in [0.15, 0.2) is 0 Å². The zero-order valence-corrected chi connectivity index (χ0v) is 17.7. The molecule has 154 valence electrons. The Morgan fingerprint density at radius 1 is 1.10 bits per heavy atom. The molecule has 30 heavy (non-hydrogen) atoms. The number of aromatic nitrogens is 4. The second kappa shape index (κ2) is 7.66. The summed E-state index contributed by atoms with van der Waals surface area (Å²) in [6.07, 6.45) is 0.